The molecule has 0 bridgehead atoms. The number of aryl methyl sites for hydroxylation is 1. The zero-order valence-electron chi connectivity index (χ0n) is 12.5. The van der Waals surface area contributed by atoms with Crippen LogP contribution in [-0.4, -0.2) is 25.7 Å². The summed E-state index contributed by atoms with van der Waals surface area (Å²) in [5, 5.41) is 3.59. The molecule has 1 heterocycles. The molecule has 0 aromatic heterocycles. The Labute approximate surface area is 118 Å². The maximum absolute atomic E-state index is 3.59. The molecule has 0 radical (unpaired) electrons. The molecule has 1 aliphatic rings. The van der Waals surface area contributed by atoms with Crippen LogP contribution in [0.2, 0.25) is 0 Å². The lowest BCUT2D eigenvalue weighted by Gasteiger charge is -2.31. The van der Waals surface area contributed by atoms with Gasteiger partial charge in [0.05, 0.1) is 0 Å². The molecular weight excluding hydrogens is 232 g/mol. The quantitative estimate of drug-likeness (QED) is 0.786. The molecule has 0 aliphatic carbocycles. The molecule has 0 amide bonds. The predicted octanol–water partition coefficient (Wildman–Crippen LogP) is 3.61. The van der Waals surface area contributed by atoms with Gasteiger partial charge in [-0.05, 0) is 50.8 Å². The van der Waals surface area contributed by atoms with E-state index in [2.05, 4.69) is 48.3 Å². The third-order valence-corrected chi connectivity index (χ3v) is 4.08. The van der Waals surface area contributed by atoms with Crippen LogP contribution in [0, 0.1) is 0 Å². The number of rotatable bonds is 6. The van der Waals surface area contributed by atoms with Crippen molar-refractivity contribution in [3.05, 3.63) is 29.8 Å². The summed E-state index contributed by atoms with van der Waals surface area (Å²) < 4.78 is 0. The fourth-order valence-corrected chi connectivity index (χ4v) is 2.90. The first kappa shape index (κ1) is 14.4. The minimum absolute atomic E-state index is 0.580. The van der Waals surface area contributed by atoms with Crippen LogP contribution in [0.15, 0.2) is 24.3 Å². The van der Waals surface area contributed by atoms with E-state index in [1.807, 2.05) is 0 Å². The highest BCUT2D eigenvalue weighted by molar-refractivity contribution is 5.55. The number of hydrogen-bond donors (Lipinski definition) is 1. The van der Waals surface area contributed by atoms with E-state index >= 15 is 0 Å². The molecule has 106 valence electrons. The number of nitrogens with one attached hydrogen (secondary N) is 1. The number of anilines is 1. The van der Waals surface area contributed by atoms with E-state index in [1.54, 1.807) is 0 Å². The molecule has 19 heavy (non-hydrogen) atoms. The van der Waals surface area contributed by atoms with E-state index in [0.717, 1.165) is 13.1 Å². The van der Waals surface area contributed by atoms with Crippen LogP contribution in [0.3, 0.4) is 0 Å². The Bertz CT molecular complexity index is 375. The van der Waals surface area contributed by atoms with Gasteiger partial charge in [-0.15, -0.1) is 0 Å². The van der Waals surface area contributed by atoms with Crippen molar-refractivity contribution in [2.75, 3.05) is 24.5 Å². The molecule has 2 heteroatoms. The van der Waals surface area contributed by atoms with Crippen molar-refractivity contribution in [1.82, 2.24) is 5.32 Å². The topological polar surface area (TPSA) is 15.3 Å². The summed E-state index contributed by atoms with van der Waals surface area (Å²) in [5.41, 5.74) is 2.99. The Balaban J connectivity index is 1.98. The van der Waals surface area contributed by atoms with Crippen LogP contribution in [0.25, 0.3) is 0 Å². The van der Waals surface area contributed by atoms with Gasteiger partial charge in [0.2, 0.25) is 0 Å². The predicted molar refractivity (Wildman–Crippen MR) is 84.0 cm³/mol. The molecule has 0 fully saturated rings. The summed E-state index contributed by atoms with van der Waals surface area (Å²) in [4.78, 5) is 2.60. The molecule has 1 unspecified atom stereocenters. The van der Waals surface area contributed by atoms with Crippen molar-refractivity contribution < 1.29 is 0 Å². The SMILES string of the molecule is CCCCNCC(C)N1CCCCc2ccccc21. The highest BCUT2D eigenvalue weighted by atomic mass is 15.2. The first-order valence-corrected chi connectivity index (χ1v) is 7.88. The van der Waals surface area contributed by atoms with E-state index in [-0.39, 0.29) is 0 Å². The van der Waals surface area contributed by atoms with Crippen molar-refractivity contribution >= 4 is 5.69 Å². The summed E-state index contributed by atoms with van der Waals surface area (Å²) in [6.45, 7) is 8.04. The zero-order chi connectivity index (χ0) is 13.5. The summed E-state index contributed by atoms with van der Waals surface area (Å²) in [6, 6.07) is 9.52. The van der Waals surface area contributed by atoms with Gasteiger partial charge in [0, 0.05) is 24.8 Å². The summed E-state index contributed by atoms with van der Waals surface area (Å²) in [6.07, 6.45) is 6.43. The number of nitrogens with zero attached hydrogens (tertiary/aromatic N) is 1. The molecule has 0 spiro atoms. The van der Waals surface area contributed by atoms with E-state index in [9.17, 15) is 0 Å². The molecule has 1 aromatic rings. The van der Waals surface area contributed by atoms with Crippen LogP contribution in [0.4, 0.5) is 5.69 Å². The van der Waals surface area contributed by atoms with E-state index in [4.69, 9.17) is 0 Å². The lowest BCUT2D eigenvalue weighted by molar-refractivity contribution is 0.545. The first-order chi connectivity index (χ1) is 9.33. The van der Waals surface area contributed by atoms with Gasteiger partial charge < -0.3 is 10.2 Å². The van der Waals surface area contributed by atoms with Gasteiger partial charge in [-0.2, -0.15) is 0 Å². The lowest BCUT2D eigenvalue weighted by Crippen LogP contribution is -2.41. The molecule has 2 nitrogen and oxygen atoms in total. The highest BCUT2D eigenvalue weighted by Crippen LogP contribution is 2.27. The first-order valence-electron chi connectivity index (χ1n) is 7.88. The Hall–Kier alpha value is -1.02. The smallest absolute Gasteiger partial charge is 0.0401 e. The Morgan fingerprint density at radius 2 is 2.11 bits per heavy atom. The molecule has 0 saturated heterocycles. The fraction of sp³-hybridized carbons (Fsp3) is 0.647. The lowest BCUT2D eigenvalue weighted by atomic mass is 10.1. The second-order valence-electron chi connectivity index (χ2n) is 5.69. The van der Waals surface area contributed by atoms with Crippen LogP contribution in [-0.2, 0) is 6.42 Å². The summed E-state index contributed by atoms with van der Waals surface area (Å²) in [5.74, 6) is 0. The third kappa shape index (κ3) is 3.97. The maximum Gasteiger partial charge on any atom is 0.0401 e. The van der Waals surface area contributed by atoms with E-state index in [0.29, 0.717) is 6.04 Å². The average Bonchev–Trinajstić information content (AvgIpc) is 2.66. The minimum Gasteiger partial charge on any atom is -0.367 e. The van der Waals surface area contributed by atoms with Crippen molar-refractivity contribution in [1.29, 1.82) is 0 Å². The maximum atomic E-state index is 3.59. The monoisotopic (exact) mass is 260 g/mol. The van der Waals surface area contributed by atoms with Crippen molar-refractivity contribution in [2.24, 2.45) is 0 Å². The zero-order valence-corrected chi connectivity index (χ0v) is 12.5. The van der Waals surface area contributed by atoms with Gasteiger partial charge in [-0.1, -0.05) is 31.5 Å². The van der Waals surface area contributed by atoms with Gasteiger partial charge >= 0.3 is 0 Å². The van der Waals surface area contributed by atoms with Gasteiger partial charge in [-0.25, -0.2) is 0 Å². The second-order valence-corrected chi connectivity index (χ2v) is 5.69. The molecule has 1 N–H and O–H groups in total. The average molecular weight is 260 g/mol. The van der Waals surface area contributed by atoms with E-state index < -0.39 is 0 Å². The third-order valence-electron chi connectivity index (χ3n) is 4.08. The molecule has 1 atom stereocenters. The van der Waals surface area contributed by atoms with Crippen molar-refractivity contribution in [2.45, 2.75) is 52.0 Å². The van der Waals surface area contributed by atoms with E-state index in [1.165, 1.54) is 49.9 Å². The largest absolute Gasteiger partial charge is 0.367 e. The fourth-order valence-electron chi connectivity index (χ4n) is 2.90. The van der Waals surface area contributed by atoms with Crippen molar-refractivity contribution in [3.63, 3.8) is 0 Å². The van der Waals surface area contributed by atoms with Crippen LogP contribution >= 0.6 is 0 Å². The minimum atomic E-state index is 0.580. The normalized spacial score (nSPS) is 16.8. The standard InChI is InChI=1S/C17H28N2/c1-3-4-12-18-14-15(2)19-13-8-7-10-16-9-5-6-11-17(16)19/h5-6,9,11,15,18H,3-4,7-8,10,12-14H2,1-2H3. The molecule has 1 aliphatic heterocycles. The molecule has 2 rings (SSSR count). The van der Waals surface area contributed by atoms with Crippen molar-refractivity contribution in [3.8, 4) is 0 Å². The number of unbranched alkanes of at least 4 members (excludes halogenated alkanes) is 1. The summed E-state index contributed by atoms with van der Waals surface area (Å²) >= 11 is 0. The van der Waals surface area contributed by atoms with Crippen LogP contribution < -0.4 is 10.2 Å². The number of para-hydroxylation sites is 1. The molecular formula is C17H28N2. The number of benzene rings is 1. The highest BCUT2D eigenvalue weighted by Gasteiger charge is 2.19. The van der Waals surface area contributed by atoms with Gasteiger partial charge in [0.25, 0.3) is 0 Å². The molecule has 0 saturated carbocycles. The Kier molecular flexibility index (Phi) is 5.71. The molecule has 1 aromatic carbocycles. The Morgan fingerprint density at radius 3 is 2.95 bits per heavy atom. The number of fused-ring (bicyclic) bond motifs is 1. The van der Waals surface area contributed by atoms with Crippen LogP contribution in [0.5, 0.6) is 0 Å². The van der Waals surface area contributed by atoms with Gasteiger partial charge in [0.1, 0.15) is 0 Å². The number of hydrogen-bond acceptors (Lipinski definition) is 2. The Morgan fingerprint density at radius 1 is 1.26 bits per heavy atom. The summed E-state index contributed by atoms with van der Waals surface area (Å²) in [7, 11) is 0. The van der Waals surface area contributed by atoms with Gasteiger partial charge in [0.15, 0.2) is 0 Å². The van der Waals surface area contributed by atoms with Crippen LogP contribution in [0.1, 0.15) is 45.1 Å². The van der Waals surface area contributed by atoms with Gasteiger partial charge in [-0.3, -0.25) is 0 Å². The second kappa shape index (κ2) is 7.54.